The maximum Gasteiger partial charge on any atom is 0.295 e. The molecule has 1 N–H and O–H groups in total. The lowest BCUT2D eigenvalue weighted by molar-refractivity contribution is -0.140. The molecule has 8 nitrogen and oxygen atoms in total. The molecule has 1 fully saturated rings. The molecule has 2 atom stereocenters. The smallest absolute Gasteiger partial charge is 0.295 e. The molecule has 2 aliphatic rings. The molecule has 2 aromatic carbocycles. The molecule has 8 heteroatoms. The number of carbonyl (C=O) groups is 2. The van der Waals surface area contributed by atoms with Gasteiger partial charge in [-0.15, -0.1) is 0 Å². The molecule has 4 rings (SSSR count). The van der Waals surface area contributed by atoms with Crippen LogP contribution in [0.1, 0.15) is 62.3 Å². The number of rotatable bonds is 12. The van der Waals surface area contributed by atoms with Crippen LogP contribution in [0.3, 0.4) is 0 Å². The van der Waals surface area contributed by atoms with Crippen molar-refractivity contribution in [1.29, 1.82) is 0 Å². The number of likely N-dealkylation sites (tertiary alicyclic amines) is 1. The first-order valence-corrected chi connectivity index (χ1v) is 13.3. The number of nitrogens with zero attached hydrogens (tertiary/aromatic N) is 1. The Labute approximate surface area is 224 Å². The predicted octanol–water partition coefficient (Wildman–Crippen LogP) is 5.05. The van der Waals surface area contributed by atoms with E-state index in [-0.39, 0.29) is 17.4 Å². The topological polar surface area (TPSA) is 94.5 Å². The number of methoxy groups -OCH3 is 2. The summed E-state index contributed by atoms with van der Waals surface area (Å²) in [5.41, 5.74) is 2.14. The van der Waals surface area contributed by atoms with Crippen molar-refractivity contribution in [1.82, 2.24) is 4.90 Å². The molecule has 1 saturated heterocycles. The van der Waals surface area contributed by atoms with Crippen LogP contribution in [0.4, 0.5) is 0 Å². The Morgan fingerprint density at radius 1 is 1.05 bits per heavy atom. The van der Waals surface area contributed by atoms with Crippen molar-refractivity contribution in [2.24, 2.45) is 0 Å². The lowest BCUT2D eigenvalue weighted by atomic mass is 9.94. The molecule has 2 heterocycles. The first-order chi connectivity index (χ1) is 18.4. The third kappa shape index (κ3) is 5.65. The molecule has 38 heavy (non-hydrogen) atoms. The summed E-state index contributed by atoms with van der Waals surface area (Å²) in [6.07, 6.45) is 4.41. The van der Waals surface area contributed by atoms with Gasteiger partial charge in [0.05, 0.1) is 25.3 Å². The molecule has 0 bridgehead atoms. The van der Waals surface area contributed by atoms with E-state index in [4.69, 9.17) is 18.9 Å². The van der Waals surface area contributed by atoms with E-state index < -0.39 is 17.7 Å². The van der Waals surface area contributed by atoms with Gasteiger partial charge in [0, 0.05) is 32.2 Å². The highest BCUT2D eigenvalue weighted by atomic mass is 16.5. The molecule has 0 saturated carbocycles. The number of aliphatic hydroxyl groups excluding tert-OH is 1. The number of hydrogen-bond donors (Lipinski definition) is 1. The Hall–Kier alpha value is -3.52. The third-order valence-corrected chi connectivity index (χ3v) is 6.97. The van der Waals surface area contributed by atoms with Crippen molar-refractivity contribution in [3.05, 3.63) is 58.7 Å². The minimum atomic E-state index is -0.779. The molecular weight excluding hydrogens is 486 g/mol. The fraction of sp³-hybridized carbons (Fsp3) is 0.467. The Morgan fingerprint density at radius 3 is 2.61 bits per heavy atom. The van der Waals surface area contributed by atoms with Gasteiger partial charge in [-0.05, 0) is 61.2 Å². The molecule has 0 spiro atoms. The highest BCUT2D eigenvalue weighted by Crippen LogP contribution is 2.43. The molecule has 0 aromatic heterocycles. The number of ketones is 1. The van der Waals surface area contributed by atoms with Crippen molar-refractivity contribution < 1.29 is 33.6 Å². The van der Waals surface area contributed by atoms with Gasteiger partial charge in [0.15, 0.2) is 11.5 Å². The lowest BCUT2D eigenvalue weighted by Gasteiger charge is -2.26. The number of ether oxygens (including phenoxy) is 4. The van der Waals surface area contributed by atoms with Crippen LogP contribution >= 0.6 is 0 Å². The average molecular weight is 524 g/mol. The fourth-order valence-electron chi connectivity index (χ4n) is 5.07. The van der Waals surface area contributed by atoms with Gasteiger partial charge in [-0.2, -0.15) is 0 Å². The predicted molar refractivity (Wildman–Crippen MR) is 144 cm³/mol. The number of Topliss-reactive ketones (excluding diaryl/α,β-unsaturated/α-hetero) is 1. The molecule has 1 amide bonds. The van der Waals surface area contributed by atoms with E-state index in [1.54, 1.807) is 38.5 Å². The number of amides is 1. The van der Waals surface area contributed by atoms with Gasteiger partial charge in [0.25, 0.3) is 11.7 Å². The summed E-state index contributed by atoms with van der Waals surface area (Å²) in [6.45, 7) is 5.42. The minimum Gasteiger partial charge on any atom is -0.507 e. The Kier molecular flexibility index (Phi) is 8.94. The third-order valence-electron chi connectivity index (χ3n) is 6.97. The average Bonchev–Trinajstić information content (AvgIpc) is 3.41. The number of benzene rings is 2. The highest BCUT2D eigenvalue weighted by molar-refractivity contribution is 6.46. The van der Waals surface area contributed by atoms with Crippen LogP contribution in [0.25, 0.3) is 5.76 Å². The van der Waals surface area contributed by atoms with Crippen molar-refractivity contribution >= 4 is 17.4 Å². The number of aliphatic hydroxyl groups is 1. The minimum absolute atomic E-state index is 0.0453. The zero-order valence-corrected chi connectivity index (χ0v) is 22.6. The summed E-state index contributed by atoms with van der Waals surface area (Å²) >= 11 is 0. The van der Waals surface area contributed by atoms with E-state index >= 15 is 0 Å². The van der Waals surface area contributed by atoms with Crippen LogP contribution in [0.5, 0.6) is 17.2 Å². The van der Waals surface area contributed by atoms with Crippen molar-refractivity contribution in [3.8, 4) is 17.2 Å². The number of carbonyl (C=O) groups excluding carboxylic acids is 2. The summed E-state index contributed by atoms with van der Waals surface area (Å²) in [6, 6.07) is 9.96. The summed E-state index contributed by atoms with van der Waals surface area (Å²) in [5, 5.41) is 11.4. The first kappa shape index (κ1) is 27.5. The van der Waals surface area contributed by atoms with Crippen LogP contribution in [0, 0.1) is 0 Å². The van der Waals surface area contributed by atoms with Crippen molar-refractivity contribution in [2.45, 2.75) is 58.1 Å². The second-order valence-electron chi connectivity index (χ2n) is 9.76. The second kappa shape index (κ2) is 12.3. The van der Waals surface area contributed by atoms with Gasteiger partial charge in [0.2, 0.25) is 0 Å². The van der Waals surface area contributed by atoms with Gasteiger partial charge >= 0.3 is 0 Å². The zero-order chi connectivity index (χ0) is 27.2. The van der Waals surface area contributed by atoms with E-state index in [1.807, 2.05) is 19.1 Å². The zero-order valence-electron chi connectivity index (χ0n) is 22.6. The normalized spacial score (nSPS) is 19.9. The van der Waals surface area contributed by atoms with Crippen molar-refractivity contribution in [3.63, 3.8) is 0 Å². The quantitative estimate of drug-likeness (QED) is 0.180. The summed E-state index contributed by atoms with van der Waals surface area (Å²) in [7, 11) is 3.15. The Morgan fingerprint density at radius 2 is 1.87 bits per heavy atom. The maximum absolute atomic E-state index is 13.3. The van der Waals surface area contributed by atoms with Gasteiger partial charge in [0.1, 0.15) is 17.6 Å². The van der Waals surface area contributed by atoms with Crippen LogP contribution in [-0.4, -0.2) is 61.8 Å². The largest absolute Gasteiger partial charge is 0.507 e. The van der Waals surface area contributed by atoms with E-state index in [2.05, 4.69) is 6.92 Å². The summed E-state index contributed by atoms with van der Waals surface area (Å²) in [5.74, 6) is 0.300. The first-order valence-electron chi connectivity index (χ1n) is 13.3. The monoisotopic (exact) mass is 523 g/mol. The Balaban J connectivity index is 1.75. The molecule has 2 aliphatic heterocycles. The van der Waals surface area contributed by atoms with Gasteiger partial charge < -0.3 is 29.0 Å². The standard InChI is InChI=1S/C30H37NO7/c1-5-6-7-15-37-24-12-9-20(18-25(24)36-4)27-26(29(33)30(34)31(27)13-8-14-35-3)28(32)21-10-11-23-22(17-21)16-19(2)38-23/h9-12,17-19,27,32H,5-8,13-16H2,1-4H3. The van der Waals surface area contributed by atoms with Crippen LogP contribution < -0.4 is 14.2 Å². The molecular formula is C30H37NO7. The number of hydrogen-bond acceptors (Lipinski definition) is 7. The summed E-state index contributed by atoms with van der Waals surface area (Å²) in [4.78, 5) is 28.0. The molecule has 2 unspecified atom stereocenters. The fourth-order valence-corrected chi connectivity index (χ4v) is 5.07. The lowest BCUT2D eigenvalue weighted by Crippen LogP contribution is -2.31. The SMILES string of the molecule is CCCCCOc1ccc(C2C(=C(O)c3ccc4c(c3)CC(C)O4)C(=O)C(=O)N2CCCOC)cc1OC. The summed E-state index contributed by atoms with van der Waals surface area (Å²) < 4.78 is 22.5. The van der Waals surface area contributed by atoms with E-state index in [1.165, 1.54) is 4.90 Å². The molecule has 0 aliphatic carbocycles. The molecule has 0 radical (unpaired) electrons. The van der Waals surface area contributed by atoms with Gasteiger partial charge in [-0.1, -0.05) is 25.8 Å². The second-order valence-corrected chi connectivity index (χ2v) is 9.76. The highest BCUT2D eigenvalue weighted by Gasteiger charge is 2.46. The number of fused-ring (bicyclic) bond motifs is 1. The van der Waals surface area contributed by atoms with E-state index in [0.717, 1.165) is 30.6 Å². The van der Waals surface area contributed by atoms with Crippen molar-refractivity contribution in [2.75, 3.05) is 34.0 Å². The number of unbranched alkanes of at least 4 members (excludes halogenated alkanes) is 2. The van der Waals surface area contributed by atoms with Crippen LogP contribution in [-0.2, 0) is 20.7 Å². The molecule has 204 valence electrons. The van der Waals surface area contributed by atoms with Crippen LogP contribution in [0.2, 0.25) is 0 Å². The molecule has 2 aromatic rings. The Bertz CT molecular complexity index is 1210. The van der Waals surface area contributed by atoms with Crippen LogP contribution in [0.15, 0.2) is 42.0 Å². The van der Waals surface area contributed by atoms with E-state index in [0.29, 0.717) is 55.2 Å². The maximum atomic E-state index is 13.3. The van der Waals surface area contributed by atoms with E-state index in [9.17, 15) is 14.7 Å². The van der Waals surface area contributed by atoms with Gasteiger partial charge in [-0.25, -0.2) is 0 Å². The van der Waals surface area contributed by atoms with Gasteiger partial charge in [-0.3, -0.25) is 9.59 Å².